The van der Waals surface area contributed by atoms with Crippen LogP contribution in [-0.4, -0.2) is 43.2 Å². The monoisotopic (exact) mass is 421 g/mol. The van der Waals surface area contributed by atoms with E-state index in [4.69, 9.17) is 4.74 Å². The maximum Gasteiger partial charge on any atom is 0.348 e. The van der Waals surface area contributed by atoms with Gasteiger partial charge >= 0.3 is 5.97 Å². The van der Waals surface area contributed by atoms with Gasteiger partial charge in [0.05, 0.1) is 26.2 Å². The lowest BCUT2D eigenvalue weighted by Gasteiger charge is -2.51. The summed E-state index contributed by atoms with van der Waals surface area (Å²) in [5.74, 6) is 0.411. The lowest BCUT2D eigenvalue weighted by Crippen LogP contribution is -3.00. The molecule has 0 amide bonds. The quantitative estimate of drug-likeness (QED) is 0.399. The van der Waals surface area contributed by atoms with Gasteiger partial charge in [-0.25, -0.2) is 4.79 Å². The zero-order chi connectivity index (χ0) is 14.0. The van der Waals surface area contributed by atoms with Crippen LogP contribution >= 0.6 is 11.3 Å². The summed E-state index contributed by atoms with van der Waals surface area (Å²) < 4.78 is 6.79. The van der Waals surface area contributed by atoms with Crippen molar-refractivity contribution in [3.8, 4) is 0 Å². The van der Waals surface area contributed by atoms with Crippen molar-refractivity contribution in [2.45, 2.75) is 38.1 Å². The summed E-state index contributed by atoms with van der Waals surface area (Å²) in [5.41, 5.74) is 0. The van der Waals surface area contributed by atoms with Gasteiger partial charge in [0.1, 0.15) is 11.5 Å². The van der Waals surface area contributed by atoms with Crippen LogP contribution < -0.4 is 24.0 Å². The van der Waals surface area contributed by atoms with Crippen LogP contribution in [0.5, 0.6) is 0 Å². The van der Waals surface area contributed by atoms with Crippen LogP contribution in [0.3, 0.4) is 0 Å². The molecule has 3 atom stereocenters. The zero-order valence-electron chi connectivity index (χ0n) is 12.6. The Balaban J connectivity index is 0.00000161. The van der Waals surface area contributed by atoms with Gasteiger partial charge in [-0.2, -0.15) is 0 Å². The number of thiophene rings is 1. The number of hydrogen-bond acceptors (Lipinski definition) is 3. The van der Waals surface area contributed by atoms with Gasteiger partial charge < -0.3 is 33.2 Å². The summed E-state index contributed by atoms with van der Waals surface area (Å²) in [6.07, 6.45) is 6.49. The molecule has 0 aromatic carbocycles. The topological polar surface area (TPSA) is 26.3 Å². The number of halogens is 1. The van der Waals surface area contributed by atoms with E-state index in [0.29, 0.717) is 18.6 Å². The van der Waals surface area contributed by atoms with Crippen LogP contribution in [0, 0.1) is 5.92 Å². The molecule has 3 heterocycles. The van der Waals surface area contributed by atoms with Crippen molar-refractivity contribution >= 4 is 17.3 Å². The zero-order valence-corrected chi connectivity index (χ0v) is 15.6. The first-order chi connectivity index (χ1) is 9.69. The second kappa shape index (κ2) is 7.42. The van der Waals surface area contributed by atoms with Crippen molar-refractivity contribution in [3.63, 3.8) is 0 Å². The number of carbonyl (C=O) groups is 1. The fraction of sp³-hybridized carbons (Fsp3) is 0.688. The third kappa shape index (κ3) is 3.79. The van der Waals surface area contributed by atoms with Gasteiger partial charge in [0.25, 0.3) is 0 Å². The summed E-state index contributed by atoms with van der Waals surface area (Å²) in [6.45, 7) is 3.22. The van der Waals surface area contributed by atoms with E-state index in [2.05, 4.69) is 7.05 Å². The van der Waals surface area contributed by atoms with E-state index in [1.165, 1.54) is 61.0 Å². The molecule has 118 valence electrons. The minimum absolute atomic E-state index is 0. The summed E-state index contributed by atoms with van der Waals surface area (Å²) in [6, 6.07) is 4.44. The Bertz CT molecular complexity index is 461. The van der Waals surface area contributed by atoms with Crippen LogP contribution in [-0.2, 0) is 4.74 Å². The molecule has 2 aliphatic rings. The second-order valence-corrected chi connectivity index (χ2v) is 7.42. The first-order valence-electron chi connectivity index (χ1n) is 7.74. The van der Waals surface area contributed by atoms with E-state index in [1.54, 1.807) is 0 Å². The second-order valence-electron chi connectivity index (χ2n) is 6.47. The average Bonchev–Trinajstić information content (AvgIpc) is 2.98. The molecule has 0 bridgehead atoms. The molecule has 2 fully saturated rings. The Morgan fingerprint density at radius 3 is 2.90 bits per heavy atom. The maximum atomic E-state index is 12.0. The molecule has 2 saturated heterocycles. The van der Waals surface area contributed by atoms with Crippen molar-refractivity contribution in [2.75, 3.05) is 26.7 Å². The van der Waals surface area contributed by atoms with E-state index >= 15 is 0 Å². The lowest BCUT2D eigenvalue weighted by molar-refractivity contribution is -0.947. The van der Waals surface area contributed by atoms with Crippen molar-refractivity contribution in [1.29, 1.82) is 0 Å². The highest BCUT2D eigenvalue weighted by molar-refractivity contribution is 7.11. The number of nitrogens with zero attached hydrogens (tertiary/aromatic N) is 1. The standard InChI is InChI=1S/C16H24NO2S.HI/c1-17-9-3-2-7-14(17)13(6-4-10-17)12-19-16(18)15-8-5-11-20-15;/h5,8,11,13-14H,2-4,6-7,9-10,12H2,1H3;1H/q+1;/p-1/t13-,14+,17?;/m0./s1. The van der Waals surface area contributed by atoms with Crippen LogP contribution in [0.15, 0.2) is 17.5 Å². The van der Waals surface area contributed by atoms with Gasteiger partial charge in [-0.15, -0.1) is 11.3 Å². The molecule has 0 radical (unpaired) electrons. The van der Waals surface area contributed by atoms with Gasteiger partial charge in [0.2, 0.25) is 0 Å². The molecule has 3 rings (SSSR count). The van der Waals surface area contributed by atoms with Crippen molar-refractivity contribution in [2.24, 2.45) is 5.92 Å². The highest BCUT2D eigenvalue weighted by atomic mass is 127. The third-order valence-corrected chi connectivity index (χ3v) is 6.01. The Morgan fingerprint density at radius 2 is 2.14 bits per heavy atom. The predicted octanol–water partition coefficient (Wildman–Crippen LogP) is 0.318. The van der Waals surface area contributed by atoms with E-state index in [-0.39, 0.29) is 29.9 Å². The molecule has 2 aliphatic heterocycles. The molecular weight excluding hydrogens is 397 g/mol. The van der Waals surface area contributed by atoms with Gasteiger partial charge in [-0.1, -0.05) is 6.07 Å². The van der Waals surface area contributed by atoms with Gasteiger partial charge in [0, 0.05) is 12.3 Å². The van der Waals surface area contributed by atoms with Crippen molar-refractivity contribution < 1.29 is 38.0 Å². The van der Waals surface area contributed by atoms with E-state index < -0.39 is 0 Å². The van der Waals surface area contributed by atoms with Crippen LogP contribution in [0.2, 0.25) is 0 Å². The molecule has 0 aliphatic carbocycles. The minimum Gasteiger partial charge on any atom is -1.00 e. The molecule has 0 N–H and O–H groups in total. The fourth-order valence-electron chi connectivity index (χ4n) is 4.08. The molecular formula is C16H24INO2S. The number of fused-ring (bicyclic) bond motifs is 1. The number of quaternary nitrogens is 1. The van der Waals surface area contributed by atoms with Gasteiger partial charge in [-0.3, -0.25) is 0 Å². The first kappa shape index (κ1) is 17.2. The summed E-state index contributed by atoms with van der Waals surface area (Å²) in [7, 11) is 2.40. The van der Waals surface area contributed by atoms with E-state index in [1.807, 2.05) is 17.5 Å². The molecule has 0 spiro atoms. The Hall–Kier alpha value is -0.140. The molecule has 1 aromatic rings. The molecule has 1 unspecified atom stereocenters. The van der Waals surface area contributed by atoms with Crippen LogP contribution in [0.1, 0.15) is 41.8 Å². The van der Waals surface area contributed by atoms with Crippen molar-refractivity contribution in [1.82, 2.24) is 0 Å². The predicted molar refractivity (Wildman–Crippen MR) is 80.9 cm³/mol. The number of rotatable bonds is 3. The molecule has 1 aromatic heterocycles. The Kier molecular flexibility index (Phi) is 6.08. The number of carbonyl (C=O) groups excluding carboxylic acids is 1. The SMILES string of the molecule is C[N+]12CCCC[C@@H]1[C@H](COC(=O)c1cccs1)CCC2.[I-]. The minimum atomic E-state index is -0.143. The molecule has 5 heteroatoms. The third-order valence-electron chi connectivity index (χ3n) is 5.16. The number of piperidine rings is 2. The fourth-order valence-corrected chi connectivity index (χ4v) is 4.69. The summed E-state index contributed by atoms with van der Waals surface area (Å²) in [5, 5.41) is 1.92. The van der Waals surface area contributed by atoms with Gasteiger partial charge in [0.15, 0.2) is 0 Å². The number of ether oxygens (including phenoxy) is 1. The normalized spacial score (nSPS) is 31.9. The number of hydrogen-bond donors (Lipinski definition) is 0. The Labute approximate surface area is 148 Å². The van der Waals surface area contributed by atoms with E-state index in [9.17, 15) is 4.79 Å². The molecule has 0 saturated carbocycles. The van der Waals surface area contributed by atoms with E-state index in [0.717, 1.165) is 4.88 Å². The molecule has 21 heavy (non-hydrogen) atoms. The first-order valence-corrected chi connectivity index (χ1v) is 8.62. The smallest absolute Gasteiger partial charge is 0.348 e. The largest absolute Gasteiger partial charge is 1.00 e. The van der Waals surface area contributed by atoms with Crippen molar-refractivity contribution in [3.05, 3.63) is 22.4 Å². The maximum absolute atomic E-state index is 12.0. The highest BCUT2D eigenvalue weighted by Crippen LogP contribution is 2.36. The average molecular weight is 421 g/mol. The summed E-state index contributed by atoms with van der Waals surface area (Å²) in [4.78, 5) is 12.7. The Morgan fingerprint density at radius 1 is 1.33 bits per heavy atom. The van der Waals surface area contributed by atoms with Crippen LogP contribution in [0.4, 0.5) is 0 Å². The highest BCUT2D eigenvalue weighted by Gasteiger charge is 2.43. The summed E-state index contributed by atoms with van der Waals surface area (Å²) >= 11 is 1.46. The van der Waals surface area contributed by atoms with Crippen LogP contribution in [0.25, 0.3) is 0 Å². The number of esters is 1. The van der Waals surface area contributed by atoms with Gasteiger partial charge in [-0.05, 0) is 37.1 Å². The molecule has 3 nitrogen and oxygen atoms in total. The lowest BCUT2D eigenvalue weighted by atomic mass is 9.82.